The average molecular weight is 617 g/mol. The van der Waals surface area contributed by atoms with Gasteiger partial charge < -0.3 is 9.13 Å². The van der Waals surface area contributed by atoms with Crippen LogP contribution in [0.1, 0.15) is 0 Å². The van der Waals surface area contributed by atoms with E-state index in [1.807, 2.05) is 47.5 Å². The van der Waals surface area contributed by atoms with Gasteiger partial charge in [0.05, 0.1) is 33.4 Å². The molecule has 0 unspecified atom stereocenters. The highest BCUT2D eigenvalue weighted by molar-refractivity contribution is 7.13. The van der Waals surface area contributed by atoms with Crippen LogP contribution in [0.4, 0.5) is 0 Å². The number of aromatic nitrogens is 6. The third-order valence-electron chi connectivity index (χ3n) is 8.35. The highest BCUT2D eigenvalue weighted by Gasteiger charge is 2.20. The van der Waals surface area contributed by atoms with Crippen molar-refractivity contribution in [3.8, 4) is 49.5 Å². The van der Waals surface area contributed by atoms with E-state index in [0.717, 1.165) is 71.5 Å². The van der Waals surface area contributed by atoms with Crippen LogP contribution in [0.15, 0.2) is 126 Å². The van der Waals surface area contributed by atoms with Crippen LogP contribution in [-0.4, -0.2) is 29.1 Å². The molecule has 0 radical (unpaired) electrons. The second-order valence-electron chi connectivity index (χ2n) is 10.9. The van der Waals surface area contributed by atoms with Crippen molar-refractivity contribution in [3.05, 3.63) is 126 Å². The molecule has 6 nitrogen and oxygen atoms in total. The third-order valence-corrected chi connectivity index (χ3v) is 9.98. The van der Waals surface area contributed by atoms with Crippen molar-refractivity contribution in [1.29, 1.82) is 0 Å². The summed E-state index contributed by atoms with van der Waals surface area (Å²) in [5, 5.41) is 8.37. The van der Waals surface area contributed by atoms with E-state index in [4.69, 9.17) is 9.97 Å². The van der Waals surface area contributed by atoms with E-state index in [9.17, 15) is 0 Å². The number of rotatable bonds is 5. The van der Waals surface area contributed by atoms with Crippen molar-refractivity contribution in [3.63, 3.8) is 0 Å². The standard InChI is InChI=1S/C37H24N6S2/c1-42-32-8-3-2-7-30(32)41-35(42)24-10-12-26-28-20-25(36-39-16-18-44-36)11-14-31(28)43(33(26)22-24)34-21-23(29-6-4-5-15-38-29)9-13-27(34)37-40-17-19-45-37/h2-22H,1H3. The number of imidazole rings is 1. The van der Waals surface area contributed by atoms with E-state index in [1.165, 1.54) is 10.8 Å². The van der Waals surface area contributed by atoms with Crippen molar-refractivity contribution in [2.24, 2.45) is 7.05 Å². The van der Waals surface area contributed by atoms with Crippen LogP contribution in [0.5, 0.6) is 0 Å². The fourth-order valence-electron chi connectivity index (χ4n) is 6.27. The lowest BCUT2D eigenvalue weighted by atomic mass is 10.1. The molecule has 0 aliphatic heterocycles. The van der Waals surface area contributed by atoms with E-state index in [1.54, 1.807) is 22.7 Å². The summed E-state index contributed by atoms with van der Waals surface area (Å²) in [5.41, 5.74) is 10.6. The summed E-state index contributed by atoms with van der Waals surface area (Å²) < 4.78 is 4.55. The van der Waals surface area contributed by atoms with Crippen molar-refractivity contribution < 1.29 is 0 Å². The van der Waals surface area contributed by atoms with Crippen LogP contribution >= 0.6 is 22.7 Å². The molecule has 0 bridgehead atoms. The Labute approximate surface area is 266 Å². The van der Waals surface area contributed by atoms with Gasteiger partial charge in [-0.1, -0.05) is 36.4 Å². The van der Waals surface area contributed by atoms with Crippen LogP contribution in [-0.2, 0) is 7.05 Å². The minimum atomic E-state index is 0.927. The summed E-state index contributed by atoms with van der Waals surface area (Å²) in [4.78, 5) is 19.0. The van der Waals surface area contributed by atoms with Crippen molar-refractivity contribution in [1.82, 2.24) is 29.1 Å². The highest BCUT2D eigenvalue weighted by atomic mass is 32.1. The van der Waals surface area contributed by atoms with Crippen molar-refractivity contribution >= 4 is 55.5 Å². The summed E-state index contributed by atoms with van der Waals surface area (Å²) in [6, 6.07) is 34.2. The van der Waals surface area contributed by atoms with Gasteiger partial charge in [0, 0.05) is 69.4 Å². The van der Waals surface area contributed by atoms with E-state index in [-0.39, 0.29) is 0 Å². The molecule has 9 rings (SSSR count). The van der Waals surface area contributed by atoms with Gasteiger partial charge in [0.25, 0.3) is 0 Å². The number of para-hydroxylation sites is 2. The van der Waals surface area contributed by atoms with E-state index in [2.05, 4.69) is 105 Å². The molecule has 0 saturated heterocycles. The maximum atomic E-state index is 5.04. The molecule has 0 aliphatic carbocycles. The number of thiazole rings is 2. The molecular formula is C37H24N6S2. The fourth-order valence-corrected chi connectivity index (χ4v) is 7.58. The van der Waals surface area contributed by atoms with Gasteiger partial charge in [0.1, 0.15) is 15.8 Å². The first-order chi connectivity index (χ1) is 22.2. The molecule has 214 valence electrons. The molecule has 0 saturated carbocycles. The van der Waals surface area contributed by atoms with Crippen molar-refractivity contribution in [2.45, 2.75) is 0 Å². The zero-order valence-corrected chi connectivity index (χ0v) is 25.8. The van der Waals surface area contributed by atoms with Gasteiger partial charge in [0.2, 0.25) is 0 Å². The molecule has 0 atom stereocenters. The molecule has 0 spiro atoms. The van der Waals surface area contributed by atoms with Crippen LogP contribution in [0.3, 0.4) is 0 Å². The predicted molar refractivity (Wildman–Crippen MR) is 186 cm³/mol. The average Bonchev–Trinajstić information content (AvgIpc) is 3.91. The molecule has 0 fully saturated rings. The Kier molecular flexibility index (Phi) is 5.97. The summed E-state index contributed by atoms with van der Waals surface area (Å²) in [5.74, 6) is 0.931. The summed E-state index contributed by atoms with van der Waals surface area (Å²) >= 11 is 3.30. The van der Waals surface area contributed by atoms with Gasteiger partial charge in [0.15, 0.2) is 0 Å². The topological polar surface area (TPSA) is 61.4 Å². The number of nitrogens with zero attached hydrogens (tertiary/aromatic N) is 6. The number of aryl methyl sites for hydroxylation is 1. The second-order valence-corrected chi connectivity index (χ2v) is 12.7. The monoisotopic (exact) mass is 616 g/mol. The fraction of sp³-hybridized carbons (Fsp3) is 0.0270. The Morgan fingerprint density at radius 1 is 0.578 bits per heavy atom. The van der Waals surface area contributed by atoms with Crippen LogP contribution < -0.4 is 0 Å². The molecule has 5 heterocycles. The zero-order valence-electron chi connectivity index (χ0n) is 24.1. The van der Waals surface area contributed by atoms with Crippen LogP contribution in [0.2, 0.25) is 0 Å². The Hall–Kier alpha value is -5.44. The molecular weight excluding hydrogens is 593 g/mol. The normalized spacial score (nSPS) is 11.7. The van der Waals surface area contributed by atoms with Crippen LogP contribution in [0, 0.1) is 0 Å². The molecule has 45 heavy (non-hydrogen) atoms. The number of fused-ring (bicyclic) bond motifs is 4. The molecule has 0 N–H and O–H groups in total. The Balaban J connectivity index is 1.37. The van der Waals surface area contributed by atoms with E-state index in [0.29, 0.717) is 0 Å². The Morgan fingerprint density at radius 3 is 2.18 bits per heavy atom. The van der Waals surface area contributed by atoms with Gasteiger partial charge in [-0.15, -0.1) is 22.7 Å². The summed E-state index contributed by atoms with van der Waals surface area (Å²) in [6.07, 6.45) is 5.57. The Morgan fingerprint density at radius 2 is 1.38 bits per heavy atom. The minimum Gasteiger partial charge on any atom is -0.327 e. The predicted octanol–water partition coefficient (Wildman–Crippen LogP) is 9.65. The lowest BCUT2D eigenvalue weighted by Gasteiger charge is -2.15. The quantitative estimate of drug-likeness (QED) is 0.193. The summed E-state index contributed by atoms with van der Waals surface area (Å²) in [6.45, 7) is 0. The second kappa shape index (κ2) is 10.3. The maximum absolute atomic E-state index is 5.04. The molecule has 9 aromatic rings. The van der Waals surface area contributed by atoms with Crippen LogP contribution in [0.25, 0.3) is 82.3 Å². The maximum Gasteiger partial charge on any atom is 0.140 e. The molecule has 8 heteroatoms. The third kappa shape index (κ3) is 4.22. The summed E-state index contributed by atoms with van der Waals surface area (Å²) in [7, 11) is 2.08. The van der Waals surface area contributed by atoms with Gasteiger partial charge in [-0.25, -0.2) is 15.0 Å². The van der Waals surface area contributed by atoms with Gasteiger partial charge in [-0.2, -0.15) is 0 Å². The van der Waals surface area contributed by atoms with Gasteiger partial charge in [-0.3, -0.25) is 4.98 Å². The van der Waals surface area contributed by atoms with Crippen molar-refractivity contribution in [2.75, 3.05) is 0 Å². The van der Waals surface area contributed by atoms with Gasteiger partial charge >= 0.3 is 0 Å². The number of hydrogen-bond acceptors (Lipinski definition) is 6. The largest absolute Gasteiger partial charge is 0.327 e. The number of hydrogen-bond donors (Lipinski definition) is 0. The number of pyridine rings is 1. The van der Waals surface area contributed by atoms with E-state index < -0.39 is 0 Å². The lowest BCUT2D eigenvalue weighted by Crippen LogP contribution is -1.99. The molecule has 5 aromatic heterocycles. The lowest BCUT2D eigenvalue weighted by molar-refractivity contribution is 0.959. The SMILES string of the molecule is Cn1c(-c2ccc3c4cc(-c5nccs5)ccc4n(-c4cc(-c5ccccn5)ccc4-c4nccs4)c3c2)nc2ccccc21. The van der Waals surface area contributed by atoms with Gasteiger partial charge in [-0.05, 0) is 60.7 Å². The highest BCUT2D eigenvalue weighted by Crippen LogP contribution is 2.41. The Bertz CT molecular complexity index is 2490. The first kappa shape index (κ1) is 26.0. The number of benzene rings is 4. The molecule has 0 amide bonds. The molecule has 4 aromatic carbocycles. The molecule has 0 aliphatic rings. The smallest absolute Gasteiger partial charge is 0.140 e. The first-order valence-corrected chi connectivity index (χ1v) is 16.3. The minimum absolute atomic E-state index is 0.927. The first-order valence-electron chi connectivity index (χ1n) is 14.6. The van der Waals surface area contributed by atoms with E-state index >= 15 is 0 Å². The zero-order chi connectivity index (χ0) is 29.9.